The molecule has 0 aromatic carbocycles. The summed E-state index contributed by atoms with van der Waals surface area (Å²) < 4.78 is 4.72. The topological polar surface area (TPSA) is 60.2 Å². The fraction of sp³-hybridized carbons (Fsp3) is 0.182. The minimum absolute atomic E-state index is 0.153. The first-order valence-corrected chi connectivity index (χ1v) is 5.46. The van der Waals surface area contributed by atoms with E-state index in [1.807, 2.05) is 6.92 Å². The molecule has 2 aromatic rings. The van der Waals surface area contributed by atoms with Crippen molar-refractivity contribution in [3.8, 4) is 0 Å². The summed E-state index contributed by atoms with van der Waals surface area (Å²) in [5.74, 6) is -0.153. The average Bonchev–Trinajstić information content (AvgIpc) is 2.83. The van der Waals surface area contributed by atoms with E-state index in [2.05, 4.69) is 5.16 Å². The molecule has 82 valence electrons. The summed E-state index contributed by atoms with van der Waals surface area (Å²) in [6.45, 7) is 3.52. The molecule has 0 N–H and O–H groups in total. The van der Waals surface area contributed by atoms with Crippen LogP contribution in [-0.4, -0.2) is 17.2 Å². The lowest BCUT2D eigenvalue weighted by atomic mass is 10.1. The van der Waals surface area contributed by atoms with Gasteiger partial charge < -0.3 is 4.52 Å². The Morgan fingerprint density at radius 2 is 2.25 bits per heavy atom. The highest BCUT2D eigenvalue weighted by atomic mass is 32.1. The molecular weight excluding hydrogens is 226 g/mol. The Hall–Kier alpha value is -1.75. The molecule has 0 spiro atoms. The third kappa shape index (κ3) is 1.69. The number of carbonyl (C=O) groups is 2. The van der Waals surface area contributed by atoms with Gasteiger partial charge in [0.1, 0.15) is 6.26 Å². The third-order valence-corrected chi connectivity index (χ3v) is 3.37. The van der Waals surface area contributed by atoms with Crippen molar-refractivity contribution in [3.05, 3.63) is 38.9 Å². The van der Waals surface area contributed by atoms with E-state index in [-0.39, 0.29) is 5.78 Å². The van der Waals surface area contributed by atoms with Gasteiger partial charge in [-0.25, -0.2) is 0 Å². The lowest BCUT2D eigenvalue weighted by molar-refractivity contribution is 0.104. The number of hydrogen-bond acceptors (Lipinski definition) is 5. The summed E-state index contributed by atoms with van der Waals surface area (Å²) in [6, 6.07) is 1.60. The Morgan fingerprint density at radius 1 is 1.50 bits per heavy atom. The molecule has 0 aliphatic heterocycles. The van der Waals surface area contributed by atoms with Gasteiger partial charge in [0, 0.05) is 10.4 Å². The Bertz CT molecular complexity index is 553. The minimum atomic E-state index is -0.153. The van der Waals surface area contributed by atoms with Crippen LogP contribution in [0.25, 0.3) is 0 Å². The van der Waals surface area contributed by atoms with E-state index >= 15 is 0 Å². The number of aldehydes is 1. The number of aromatic nitrogens is 1. The van der Waals surface area contributed by atoms with Crippen LogP contribution < -0.4 is 0 Å². The zero-order valence-electron chi connectivity index (χ0n) is 8.81. The van der Waals surface area contributed by atoms with Crippen LogP contribution in [0, 0.1) is 13.8 Å². The normalized spacial score (nSPS) is 10.4. The molecule has 0 saturated heterocycles. The zero-order valence-corrected chi connectivity index (χ0v) is 9.63. The van der Waals surface area contributed by atoms with Crippen LogP contribution in [0.2, 0.25) is 0 Å². The molecule has 0 unspecified atom stereocenters. The summed E-state index contributed by atoms with van der Waals surface area (Å²) in [6.07, 6.45) is 2.08. The predicted octanol–water partition coefficient (Wildman–Crippen LogP) is 2.40. The van der Waals surface area contributed by atoms with Crippen molar-refractivity contribution in [1.82, 2.24) is 5.16 Å². The lowest BCUT2D eigenvalue weighted by Crippen LogP contribution is -1.98. The van der Waals surface area contributed by atoms with E-state index in [1.165, 1.54) is 17.6 Å². The number of ketones is 1. The molecule has 2 aromatic heterocycles. The second-order valence-corrected chi connectivity index (χ2v) is 4.64. The third-order valence-electron chi connectivity index (χ3n) is 2.30. The van der Waals surface area contributed by atoms with Gasteiger partial charge in [-0.1, -0.05) is 5.16 Å². The molecule has 0 fully saturated rings. The number of nitrogens with zero attached hydrogens (tertiary/aromatic N) is 1. The van der Waals surface area contributed by atoms with Crippen LogP contribution in [0.1, 0.15) is 36.2 Å². The van der Waals surface area contributed by atoms with E-state index in [0.29, 0.717) is 21.7 Å². The van der Waals surface area contributed by atoms with E-state index in [9.17, 15) is 9.59 Å². The van der Waals surface area contributed by atoms with Gasteiger partial charge >= 0.3 is 0 Å². The maximum Gasteiger partial charge on any atom is 0.208 e. The Morgan fingerprint density at radius 3 is 2.75 bits per heavy atom. The number of carbonyl (C=O) groups excluding carboxylic acids is 2. The van der Waals surface area contributed by atoms with Crippen molar-refractivity contribution < 1.29 is 14.1 Å². The standard InChI is InChI=1S/C11H9NO3S/c1-6-9(5-15-12-6)11(14)10-3-8(4-13)7(2)16-10/h3-5H,1-2H3. The highest BCUT2D eigenvalue weighted by Crippen LogP contribution is 2.23. The van der Waals surface area contributed by atoms with Crippen LogP contribution in [-0.2, 0) is 0 Å². The number of rotatable bonds is 3. The van der Waals surface area contributed by atoms with Crippen molar-refractivity contribution >= 4 is 23.4 Å². The zero-order chi connectivity index (χ0) is 11.7. The van der Waals surface area contributed by atoms with E-state index in [0.717, 1.165) is 11.2 Å². The predicted molar refractivity (Wildman–Crippen MR) is 59.1 cm³/mol. The highest BCUT2D eigenvalue weighted by Gasteiger charge is 2.18. The first-order chi connectivity index (χ1) is 7.63. The van der Waals surface area contributed by atoms with Crippen molar-refractivity contribution in [2.75, 3.05) is 0 Å². The summed E-state index contributed by atoms with van der Waals surface area (Å²) in [5, 5.41) is 3.65. The monoisotopic (exact) mass is 235 g/mol. The summed E-state index contributed by atoms with van der Waals surface area (Å²) >= 11 is 1.30. The van der Waals surface area contributed by atoms with Crippen LogP contribution in [0.3, 0.4) is 0 Å². The second kappa shape index (κ2) is 4.02. The van der Waals surface area contributed by atoms with Gasteiger partial charge in [-0.15, -0.1) is 11.3 Å². The Labute approximate surface area is 95.9 Å². The van der Waals surface area contributed by atoms with E-state index in [4.69, 9.17) is 4.52 Å². The van der Waals surface area contributed by atoms with Gasteiger partial charge in [0.2, 0.25) is 5.78 Å². The first-order valence-electron chi connectivity index (χ1n) is 4.64. The molecule has 0 atom stereocenters. The molecule has 2 heterocycles. The first kappa shape index (κ1) is 10.8. The summed E-state index contributed by atoms with van der Waals surface area (Å²) in [4.78, 5) is 24.1. The molecule has 16 heavy (non-hydrogen) atoms. The van der Waals surface area contributed by atoms with Crippen molar-refractivity contribution in [3.63, 3.8) is 0 Å². The van der Waals surface area contributed by atoms with Crippen LogP contribution in [0.15, 0.2) is 16.9 Å². The lowest BCUT2D eigenvalue weighted by Gasteiger charge is -1.92. The van der Waals surface area contributed by atoms with E-state index < -0.39 is 0 Å². The maximum atomic E-state index is 12.0. The number of aryl methyl sites for hydroxylation is 2. The van der Waals surface area contributed by atoms with E-state index in [1.54, 1.807) is 13.0 Å². The smallest absolute Gasteiger partial charge is 0.208 e. The average molecular weight is 235 g/mol. The fourth-order valence-corrected chi connectivity index (χ4v) is 2.31. The summed E-state index contributed by atoms with van der Waals surface area (Å²) in [5.41, 5.74) is 1.56. The molecule has 4 nitrogen and oxygen atoms in total. The molecule has 0 amide bonds. The molecule has 2 rings (SSSR count). The SMILES string of the molecule is Cc1nocc1C(=O)c1cc(C=O)c(C)s1. The van der Waals surface area contributed by atoms with Gasteiger partial charge in [0.15, 0.2) is 6.29 Å². The van der Waals surface area contributed by atoms with Crippen molar-refractivity contribution in [2.45, 2.75) is 13.8 Å². The van der Waals surface area contributed by atoms with Crippen molar-refractivity contribution in [1.29, 1.82) is 0 Å². The molecule has 0 saturated carbocycles. The fourth-order valence-electron chi connectivity index (χ4n) is 1.37. The van der Waals surface area contributed by atoms with Crippen LogP contribution >= 0.6 is 11.3 Å². The van der Waals surface area contributed by atoms with Gasteiger partial charge in [-0.2, -0.15) is 0 Å². The van der Waals surface area contributed by atoms with Crippen molar-refractivity contribution in [2.24, 2.45) is 0 Å². The molecule has 0 aliphatic carbocycles. The molecule has 0 aliphatic rings. The quantitative estimate of drug-likeness (QED) is 0.605. The second-order valence-electron chi connectivity index (χ2n) is 3.38. The summed E-state index contributed by atoms with van der Waals surface area (Å²) in [7, 11) is 0. The van der Waals surface area contributed by atoms with Gasteiger partial charge in [0.25, 0.3) is 0 Å². The Kier molecular flexibility index (Phi) is 2.70. The molecule has 5 heteroatoms. The van der Waals surface area contributed by atoms with Gasteiger partial charge in [-0.05, 0) is 19.9 Å². The Balaban J connectivity index is 2.42. The molecular formula is C11H9NO3S. The molecule has 0 bridgehead atoms. The van der Waals surface area contributed by atoms with Crippen LogP contribution in [0.4, 0.5) is 0 Å². The van der Waals surface area contributed by atoms with Gasteiger partial charge in [-0.3, -0.25) is 9.59 Å². The van der Waals surface area contributed by atoms with Crippen LogP contribution in [0.5, 0.6) is 0 Å². The molecule has 0 radical (unpaired) electrons. The minimum Gasteiger partial charge on any atom is -0.364 e. The maximum absolute atomic E-state index is 12.0. The number of thiophene rings is 1. The highest BCUT2D eigenvalue weighted by molar-refractivity contribution is 7.14. The number of hydrogen-bond donors (Lipinski definition) is 0. The largest absolute Gasteiger partial charge is 0.364 e. The van der Waals surface area contributed by atoms with Gasteiger partial charge in [0.05, 0.1) is 16.1 Å².